The predicted octanol–water partition coefficient (Wildman–Crippen LogP) is 6.98. The number of carboxylic acids is 1. The third-order valence-corrected chi connectivity index (χ3v) is 6.91. The Bertz CT molecular complexity index is 1210. The number of aromatic nitrogens is 2. The van der Waals surface area contributed by atoms with Crippen LogP contribution in [-0.4, -0.2) is 33.8 Å². The first-order valence-corrected chi connectivity index (χ1v) is 12.9. The van der Waals surface area contributed by atoms with Gasteiger partial charge in [-0.15, -0.1) is 0 Å². The average molecular weight is 494 g/mol. The van der Waals surface area contributed by atoms with Gasteiger partial charge in [0.25, 0.3) is 0 Å². The number of benzene rings is 2. The Labute approximate surface area is 213 Å². The summed E-state index contributed by atoms with van der Waals surface area (Å²) in [5.41, 5.74) is 3.87. The van der Waals surface area contributed by atoms with Crippen LogP contribution >= 0.6 is 0 Å². The quantitative estimate of drug-likeness (QED) is 0.334. The molecule has 0 saturated heterocycles. The summed E-state index contributed by atoms with van der Waals surface area (Å²) in [6.45, 7) is 11.1. The fourth-order valence-corrected chi connectivity index (χ4v) is 5.76. The van der Waals surface area contributed by atoms with Crippen LogP contribution in [0.4, 0.5) is 11.6 Å². The van der Waals surface area contributed by atoms with Gasteiger partial charge in [-0.3, -0.25) is 4.79 Å². The number of fused-ring (bicyclic) bond motifs is 1. The lowest BCUT2D eigenvalue weighted by atomic mass is 9.70. The summed E-state index contributed by atoms with van der Waals surface area (Å²) in [6.07, 6.45) is 3.91. The van der Waals surface area contributed by atoms with E-state index in [0.717, 1.165) is 46.8 Å². The Balaban J connectivity index is 1.78. The van der Waals surface area contributed by atoms with E-state index in [2.05, 4.69) is 30.7 Å². The van der Waals surface area contributed by atoms with E-state index in [0.29, 0.717) is 18.1 Å². The minimum Gasteiger partial charge on any atom is -0.496 e. The largest absolute Gasteiger partial charge is 0.496 e. The number of imidazole rings is 1. The molecule has 2 aromatic carbocycles. The second kappa shape index (κ2) is 10.4. The van der Waals surface area contributed by atoms with E-state index >= 15 is 0 Å². The maximum Gasteiger partial charge on any atom is 0.303 e. The van der Waals surface area contributed by atoms with Crippen molar-refractivity contribution in [3.05, 3.63) is 42.0 Å². The lowest BCUT2D eigenvalue weighted by molar-refractivity contribution is -0.136. The molecule has 0 radical (unpaired) electrons. The summed E-state index contributed by atoms with van der Waals surface area (Å²) in [4.78, 5) is 16.2. The van der Waals surface area contributed by atoms with E-state index in [-0.39, 0.29) is 24.0 Å². The van der Waals surface area contributed by atoms with Crippen molar-refractivity contribution < 1.29 is 19.4 Å². The molecule has 0 bridgehead atoms. The van der Waals surface area contributed by atoms with Gasteiger partial charge in [0, 0.05) is 24.2 Å². The highest BCUT2D eigenvalue weighted by atomic mass is 16.5. The molecule has 3 aromatic rings. The number of aryl methyl sites for hydroxylation is 1. The van der Waals surface area contributed by atoms with Crippen molar-refractivity contribution in [2.45, 2.75) is 78.9 Å². The number of nitrogens with zero attached hydrogens (tertiary/aromatic N) is 2. The van der Waals surface area contributed by atoms with Crippen molar-refractivity contribution in [2.75, 3.05) is 12.4 Å². The zero-order valence-corrected chi connectivity index (χ0v) is 22.3. The number of rotatable bonds is 9. The Morgan fingerprint density at radius 1 is 1.22 bits per heavy atom. The van der Waals surface area contributed by atoms with Gasteiger partial charge < -0.3 is 24.5 Å². The van der Waals surface area contributed by atoms with Gasteiger partial charge in [-0.25, -0.2) is 4.98 Å². The number of ether oxygens (including phenoxy) is 2. The third kappa shape index (κ3) is 5.94. The van der Waals surface area contributed by atoms with Crippen LogP contribution < -0.4 is 14.8 Å². The van der Waals surface area contributed by atoms with Gasteiger partial charge in [0.1, 0.15) is 11.5 Å². The molecular formula is C29H39N3O4. The van der Waals surface area contributed by atoms with E-state index in [1.165, 1.54) is 6.42 Å². The summed E-state index contributed by atoms with van der Waals surface area (Å²) >= 11 is 0. The number of nitrogens with one attached hydrogen (secondary N) is 1. The Hall–Kier alpha value is -3.22. The van der Waals surface area contributed by atoms with E-state index in [4.69, 9.17) is 14.5 Å². The third-order valence-electron chi connectivity index (χ3n) is 6.91. The van der Waals surface area contributed by atoms with Crippen molar-refractivity contribution in [2.24, 2.45) is 11.3 Å². The molecule has 1 aliphatic rings. The molecule has 0 aliphatic heterocycles. The standard InChI is InChI=1S/C29H39N3O4/c1-18(2)36-23-10-8-21(9-11-23)30-28-31-24-14-20(7-12-27(33)34)26(35-6)15-25(24)32(28)22-13-19(3)16-29(4,5)17-22/h8-11,14-15,18-19,22H,7,12-13,16-17H2,1-6H3,(H,30,31)(H,33,34)/t19-,22+/m1/s1. The second-order valence-corrected chi connectivity index (χ2v) is 11.2. The van der Waals surface area contributed by atoms with Crippen LogP contribution in [0.2, 0.25) is 0 Å². The molecule has 1 fully saturated rings. The highest BCUT2D eigenvalue weighted by molar-refractivity contribution is 5.83. The topological polar surface area (TPSA) is 85.6 Å². The molecule has 36 heavy (non-hydrogen) atoms. The van der Waals surface area contributed by atoms with Crippen molar-refractivity contribution in [3.8, 4) is 11.5 Å². The van der Waals surface area contributed by atoms with Crippen LogP contribution in [0, 0.1) is 11.3 Å². The molecular weight excluding hydrogens is 454 g/mol. The summed E-state index contributed by atoms with van der Waals surface area (Å²) in [5, 5.41) is 12.7. The van der Waals surface area contributed by atoms with Crippen LogP contribution in [0.5, 0.6) is 11.5 Å². The lowest BCUT2D eigenvalue weighted by Crippen LogP contribution is -2.29. The van der Waals surface area contributed by atoms with E-state index < -0.39 is 5.97 Å². The number of hydrogen-bond acceptors (Lipinski definition) is 5. The lowest BCUT2D eigenvalue weighted by Gasteiger charge is -2.40. The number of methoxy groups -OCH3 is 1. The fourth-order valence-electron chi connectivity index (χ4n) is 5.76. The van der Waals surface area contributed by atoms with E-state index in [9.17, 15) is 9.90 Å². The summed E-state index contributed by atoms with van der Waals surface area (Å²) in [6, 6.07) is 12.2. The van der Waals surface area contributed by atoms with Crippen LogP contribution in [-0.2, 0) is 11.2 Å². The summed E-state index contributed by atoms with van der Waals surface area (Å²) in [7, 11) is 1.64. The summed E-state index contributed by atoms with van der Waals surface area (Å²) in [5.74, 6) is 2.10. The highest BCUT2D eigenvalue weighted by Gasteiger charge is 2.35. The van der Waals surface area contributed by atoms with Gasteiger partial charge in [0.2, 0.25) is 5.95 Å². The summed E-state index contributed by atoms with van der Waals surface area (Å²) < 4.78 is 13.8. The zero-order chi connectivity index (χ0) is 26.0. The van der Waals surface area contributed by atoms with E-state index in [1.54, 1.807) is 7.11 Å². The molecule has 0 unspecified atom stereocenters. The van der Waals surface area contributed by atoms with Crippen LogP contribution in [0.15, 0.2) is 36.4 Å². The molecule has 2 N–H and O–H groups in total. The minimum atomic E-state index is -0.826. The normalized spacial score (nSPS) is 19.4. The van der Waals surface area contributed by atoms with Gasteiger partial charge in [0.15, 0.2) is 0 Å². The van der Waals surface area contributed by atoms with E-state index in [1.807, 2.05) is 50.2 Å². The molecule has 1 heterocycles. The fraction of sp³-hybridized carbons (Fsp3) is 0.517. The monoisotopic (exact) mass is 493 g/mol. The van der Waals surface area contributed by atoms with Crippen LogP contribution in [0.25, 0.3) is 11.0 Å². The number of carbonyl (C=O) groups is 1. The van der Waals surface area contributed by atoms with Crippen molar-refractivity contribution >= 4 is 28.6 Å². The Morgan fingerprint density at radius 2 is 1.94 bits per heavy atom. The molecule has 0 spiro atoms. The molecule has 7 nitrogen and oxygen atoms in total. The molecule has 1 aliphatic carbocycles. The molecule has 4 rings (SSSR count). The average Bonchev–Trinajstić information content (AvgIpc) is 3.13. The SMILES string of the molecule is COc1cc2c(cc1CCC(=O)O)nc(Nc1ccc(OC(C)C)cc1)n2[C@H]1C[C@@H](C)CC(C)(C)C1. The minimum absolute atomic E-state index is 0.0484. The highest BCUT2D eigenvalue weighted by Crippen LogP contribution is 2.46. The molecule has 2 atom stereocenters. The zero-order valence-electron chi connectivity index (χ0n) is 22.3. The van der Waals surface area contributed by atoms with Crippen LogP contribution in [0.3, 0.4) is 0 Å². The molecule has 1 saturated carbocycles. The molecule has 1 aromatic heterocycles. The van der Waals surface area contributed by atoms with Crippen molar-refractivity contribution in [3.63, 3.8) is 0 Å². The number of aliphatic carboxylic acids is 1. The number of anilines is 2. The Morgan fingerprint density at radius 3 is 2.56 bits per heavy atom. The van der Waals surface area contributed by atoms with Gasteiger partial charge in [0.05, 0.1) is 24.2 Å². The van der Waals surface area contributed by atoms with Gasteiger partial charge in [-0.2, -0.15) is 0 Å². The van der Waals surface area contributed by atoms with Crippen molar-refractivity contribution in [1.82, 2.24) is 9.55 Å². The first-order chi connectivity index (χ1) is 17.0. The van der Waals surface area contributed by atoms with Gasteiger partial charge in [-0.1, -0.05) is 20.8 Å². The van der Waals surface area contributed by atoms with Crippen molar-refractivity contribution in [1.29, 1.82) is 0 Å². The maximum absolute atomic E-state index is 11.2. The number of carboxylic acid groups (broad SMARTS) is 1. The number of hydrogen-bond donors (Lipinski definition) is 2. The molecule has 0 amide bonds. The second-order valence-electron chi connectivity index (χ2n) is 11.2. The molecule has 7 heteroatoms. The maximum atomic E-state index is 11.2. The molecule has 194 valence electrons. The first kappa shape index (κ1) is 25.9. The Kier molecular flexibility index (Phi) is 7.48. The smallest absolute Gasteiger partial charge is 0.303 e. The van der Waals surface area contributed by atoms with Gasteiger partial charge >= 0.3 is 5.97 Å². The van der Waals surface area contributed by atoms with Gasteiger partial charge in [-0.05, 0) is 86.8 Å². The predicted molar refractivity (Wildman–Crippen MR) is 144 cm³/mol. The first-order valence-electron chi connectivity index (χ1n) is 12.9. The van der Waals surface area contributed by atoms with Crippen LogP contribution in [0.1, 0.15) is 71.9 Å².